The molecule has 1 amide bonds. The lowest BCUT2D eigenvalue weighted by molar-refractivity contribution is 0.101. The van der Waals surface area contributed by atoms with Gasteiger partial charge in [-0.3, -0.25) is 9.59 Å². The fraction of sp³-hybridized carbons (Fsp3) is 0.182. The molecule has 0 fully saturated rings. The van der Waals surface area contributed by atoms with Crippen molar-refractivity contribution in [3.05, 3.63) is 82.8 Å². The number of carbonyl (C=O) groups is 2. The molecule has 0 bridgehead atoms. The molecule has 2 aromatic carbocycles. The Morgan fingerprint density at radius 2 is 1.68 bits per heavy atom. The summed E-state index contributed by atoms with van der Waals surface area (Å²) < 4.78 is 0. The number of benzene rings is 2. The molecule has 28 heavy (non-hydrogen) atoms. The van der Waals surface area contributed by atoms with E-state index in [0.717, 1.165) is 5.56 Å². The number of aromatic nitrogens is 2. The van der Waals surface area contributed by atoms with Gasteiger partial charge in [0, 0.05) is 23.9 Å². The third-order valence-electron chi connectivity index (χ3n) is 4.34. The molecule has 3 rings (SSSR count). The molecular formula is C22H22N4O2. The van der Waals surface area contributed by atoms with Gasteiger partial charge in [0.2, 0.25) is 0 Å². The van der Waals surface area contributed by atoms with Gasteiger partial charge in [-0.2, -0.15) is 0 Å². The Morgan fingerprint density at radius 1 is 0.964 bits per heavy atom. The molecule has 0 radical (unpaired) electrons. The summed E-state index contributed by atoms with van der Waals surface area (Å²) in [7, 11) is 0. The van der Waals surface area contributed by atoms with Crippen LogP contribution in [-0.2, 0) is 6.54 Å². The zero-order valence-corrected chi connectivity index (χ0v) is 16.1. The van der Waals surface area contributed by atoms with Crippen LogP contribution in [0.25, 0.3) is 0 Å². The lowest BCUT2D eigenvalue weighted by Gasteiger charge is -2.11. The predicted octanol–water partition coefficient (Wildman–Crippen LogP) is 4.16. The zero-order chi connectivity index (χ0) is 20.1. The molecule has 0 aliphatic carbocycles. The molecule has 0 aliphatic rings. The van der Waals surface area contributed by atoms with Crippen LogP contribution in [0.5, 0.6) is 0 Å². The Labute approximate surface area is 164 Å². The van der Waals surface area contributed by atoms with Crippen LogP contribution in [0.1, 0.15) is 44.7 Å². The van der Waals surface area contributed by atoms with Gasteiger partial charge in [0.15, 0.2) is 5.78 Å². The summed E-state index contributed by atoms with van der Waals surface area (Å²) >= 11 is 0. The van der Waals surface area contributed by atoms with E-state index in [1.54, 1.807) is 37.3 Å². The molecule has 0 saturated carbocycles. The highest BCUT2D eigenvalue weighted by Gasteiger charge is 2.11. The van der Waals surface area contributed by atoms with Gasteiger partial charge >= 0.3 is 0 Å². The Kier molecular flexibility index (Phi) is 5.79. The van der Waals surface area contributed by atoms with Crippen LogP contribution < -0.4 is 10.6 Å². The van der Waals surface area contributed by atoms with E-state index < -0.39 is 0 Å². The molecule has 6 nitrogen and oxygen atoms in total. The van der Waals surface area contributed by atoms with E-state index in [9.17, 15) is 9.59 Å². The monoisotopic (exact) mass is 374 g/mol. The summed E-state index contributed by atoms with van der Waals surface area (Å²) in [6.45, 7) is 5.91. The number of anilines is 2. The first-order chi connectivity index (χ1) is 13.4. The van der Waals surface area contributed by atoms with Gasteiger partial charge in [0.1, 0.15) is 17.3 Å². The van der Waals surface area contributed by atoms with Crippen molar-refractivity contribution in [2.24, 2.45) is 0 Å². The Morgan fingerprint density at radius 3 is 2.36 bits per heavy atom. The van der Waals surface area contributed by atoms with Crippen LogP contribution in [0.3, 0.4) is 0 Å². The van der Waals surface area contributed by atoms with Gasteiger partial charge in [0.05, 0.1) is 0 Å². The number of ketones is 1. The second-order valence-corrected chi connectivity index (χ2v) is 6.55. The second kappa shape index (κ2) is 8.43. The Bertz CT molecular complexity index is 1010. The summed E-state index contributed by atoms with van der Waals surface area (Å²) in [4.78, 5) is 32.5. The third kappa shape index (κ3) is 4.79. The number of hydrogen-bond donors (Lipinski definition) is 2. The van der Waals surface area contributed by atoms with Crippen molar-refractivity contribution in [3.63, 3.8) is 0 Å². The molecule has 2 N–H and O–H groups in total. The SMILES string of the molecule is CC(=O)c1ccc(NC(=O)c2cc(NCc3ccccc3C)nc(C)n2)cc1. The van der Waals surface area contributed by atoms with Crippen LogP contribution in [0.15, 0.2) is 54.6 Å². The average Bonchev–Trinajstić information content (AvgIpc) is 2.67. The summed E-state index contributed by atoms with van der Waals surface area (Å²) in [6.07, 6.45) is 0. The summed E-state index contributed by atoms with van der Waals surface area (Å²) in [5, 5.41) is 6.05. The van der Waals surface area contributed by atoms with Crippen molar-refractivity contribution < 1.29 is 9.59 Å². The predicted molar refractivity (Wildman–Crippen MR) is 110 cm³/mol. The number of hydrogen-bond acceptors (Lipinski definition) is 5. The maximum absolute atomic E-state index is 12.6. The molecule has 1 heterocycles. The third-order valence-corrected chi connectivity index (χ3v) is 4.34. The fourth-order valence-corrected chi connectivity index (χ4v) is 2.75. The van der Waals surface area contributed by atoms with Crippen molar-refractivity contribution in [3.8, 4) is 0 Å². The minimum atomic E-state index is -0.333. The van der Waals surface area contributed by atoms with Gasteiger partial charge in [-0.15, -0.1) is 0 Å². The minimum absolute atomic E-state index is 0.0197. The molecule has 1 aromatic heterocycles. The van der Waals surface area contributed by atoms with Crippen LogP contribution in [0, 0.1) is 13.8 Å². The van der Waals surface area contributed by atoms with E-state index >= 15 is 0 Å². The lowest BCUT2D eigenvalue weighted by Crippen LogP contribution is -2.16. The number of rotatable bonds is 6. The largest absolute Gasteiger partial charge is 0.366 e. The van der Waals surface area contributed by atoms with E-state index in [4.69, 9.17) is 0 Å². The van der Waals surface area contributed by atoms with Crippen molar-refractivity contribution in [1.82, 2.24) is 9.97 Å². The van der Waals surface area contributed by atoms with E-state index in [0.29, 0.717) is 29.4 Å². The molecular weight excluding hydrogens is 352 g/mol. The van der Waals surface area contributed by atoms with Gasteiger partial charge in [-0.1, -0.05) is 24.3 Å². The molecule has 0 aliphatic heterocycles. The number of amides is 1. The summed E-state index contributed by atoms with van der Waals surface area (Å²) in [5.74, 6) is 0.744. The molecule has 0 saturated heterocycles. The maximum atomic E-state index is 12.6. The second-order valence-electron chi connectivity index (χ2n) is 6.55. The number of aryl methyl sites for hydroxylation is 2. The highest BCUT2D eigenvalue weighted by atomic mass is 16.2. The molecule has 0 atom stereocenters. The van der Waals surface area contributed by atoms with Gasteiger partial charge in [0.25, 0.3) is 5.91 Å². The normalized spacial score (nSPS) is 10.4. The van der Waals surface area contributed by atoms with Gasteiger partial charge in [-0.05, 0) is 56.2 Å². The standard InChI is InChI=1S/C22H22N4O2/c1-14-6-4-5-7-18(14)13-23-21-12-20(24-16(3)25-21)22(28)26-19-10-8-17(9-11-19)15(2)27/h4-12H,13H2,1-3H3,(H,26,28)(H,23,24,25). The number of nitrogens with zero attached hydrogens (tertiary/aromatic N) is 2. The van der Waals surface area contributed by atoms with Crippen molar-refractivity contribution in [1.29, 1.82) is 0 Å². The Hall–Kier alpha value is -3.54. The first kappa shape index (κ1) is 19.2. The topological polar surface area (TPSA) is 84.0 Å². The first-order valence-corrected chi connectivity index (χ1v) is 8.99. The molecule has 0 unspecified atom stereocenters. The summed E-state index contributed by atoms with van der Waals surface area (Å²) in [5.41, 5.74) is 3.82. The zero-order valence-electron chi connectivity index (χ0n) is 16.1. The van der Waals surface area contributed by atoms with Crippen molar-refractivity contribution in [2.75, 3.05) is 10.6 Å². The molecule has 0 spiro atoms. The van der Waals surface area contributed by atoms with Crippen molar-refractivity contribution in [2.45, 2.75) is 27.3 Å². The fourth-order valence-electron chi connectivity index (χ4n) is 2.75. The van der Waals surface area contributed by atoms with E-state index in [2.05, 4.69) is 39.7 Å². The molecule has 142 valence electrons. The number of nitrogens with one attached hydrogen (secondary N) is 2. The number of Topliss-reactive ketones (excluding diaryl/α,β-unsaturated/α-hetero) is 1. The highest BCUT2D eigenvalue weighted by Crippen LogP contribution is 2.14. The maximum Gasteiger partial charge on any atom is 0.274 e. The van der Waals surface area contributed by atoms with Crippen LogP contribution in [0.2, 0.25) is 0 Å². The van der Waals surface area contributed by atoms with Crippen LogP contribution in [0.4, 0.5) is 11.5 Å². The van der Waals surface area contributed by atoms with Gasteiger partial charge < -0.3 is 10.6 Å². The lowest BCUT2D eigenvalue weighted by atomic mass is 10.1. The minimum Gasteiger partial charge on any atom is -0.366 e. The van der Waals surface area contributed by atoms with Crippen LogP contribution in [-0.4, -0.2) is 21.7 Å². The molecule has 3 aromatic rings. The molecule has 6 heteroatoms. The Balaban J connectivity index is 1.72. The van der Waals surface area contributed by atoms with Crippen molar-refractivity contribution >= 4 is 23.2 Å². The highest BCUT2D eigenvalue weighted by molar-refractivity contribution is 6.03. The van der Waals surface area contributed by atoms with E-state index in [1.807, 2.05) is 12.1 Å². The first-order valence-electron chi connectivity index (χ1n) is 8.99. The number of carbonyl (C=O) groups excluding carboxylic acids is 2. The van der Waals surface area contributed by atoms with Crippen LogP contribution >= 0.6 is 0 Å². The van der Waals surface area contributed by atoms with E-state index in [1.165, 1.54) is 12.5 Å². The average molecular weight is 374 g/mol. The van der Waals surface area contributed by atoms with Gasteiger partial charge in [-0.25, -0.2) is 9.97 Å². The quantitative estimate of drug-likeness (QED) is 0.633. The van der Waals surface area contributed by atoms with E-state index in [-0.39, 0.29) is 17.4 Å². The smallest absolute Gasteiger partial charge is 0.274 e. The summed E-state index contributed by atoms with van der Waals surface area (Å²) in [6, 6.07) is 16.5.